The Morgan fingerprint density at radius 3 is 2.88 bits per heavy atom. The van der Waals surface area contributed by atoms with Gasteiger partial charge in [0, 0.05) is 46.3 Å². The first-order valence-corrected chi connectivity index (χ1v) is 8.10. The number of aryl methyl sites for hydroxylation is 2. The SMILES string of the molecule is CN=C(NCCc1nc(C)no1)N1CCN(c2cnn(C)c2)C(=O)C1. The summed E-state index contributed by atoms with van der Waals surface area (Å²) in [7, 11) is 3.54. The van der Waals surface area contributed by atoms with Crippen LogP contribution >= 0.6 is 0 Å². The second-order valence-corrected chi connectivity index (χ2v) is 5.80. The number of carbonyl (C=O) groups is 1. The van der Waals surface area contributed by atoms with Crippen molar-refractivity contribution in [3.8, 4) is 0 Å². The number of carbonyl (C=O) groups excluding carboxylic acids is 1. The predicted octanol–water partition coefficient (Wildman–Crippen LogP) is -0.422. The summed E-state index contributed by atoms with van der Waals surface area (Å²) < 4.78 is 6.77. The number of rotatable bonds is 4. The van der Waals surface area contributed by atoms with Gasteiger partial charge in [-0.2, -0.15) is 10.1 Å². The lowest BCUT2D eigenvalue weighted by atomic mass is 10.3. The van der Waals surface area contributed by atoms with Crippen molar-refractivity contribution < 1.29 is 9.32 Å². The molecule has 0 aromatic carbocycles. The van der Waals surface area contributed by atoms with Gasteiger partial charge in [-0.1, -0.05) is 5.16 Å². The zero-order chi connectivity index (χ0) is 17.8. The van der Waals surface area contributed by atoms with E-state index in [1.54, 1.807) is 29.7 Å². The van der Waals surface area contributed by atoms with Crippen LogP contribution in [0.1, 0.15) is 11.7 Å². The lowest BCUT2D eigenvalue weighted by molar-refractivity contribution is -0.120. The first-order valence-electron chi connectivity index (χ1n) is 8.10. The highest BCUT2D eigenvalue weighted by Crippen LogP contribution is 2.16. The molecule has 2 aromatic heterocycles. The monoisotopic (exact) mass is 346 g/mol. The maximum absolute atomic E-state index is 12.5. The van der Waals surface area contributed by atoms with E-state index in [4.69, 9.17) is 4.52 Å². The van der Waals surface area contributed by atoms with Crippen molar-refractivity contribution in [2.75, 3.05) is 38.1 Å². The van der Waals surface area contributed by atoms with Gasteiger partial charge in [0.25, 0.3) is 0 Å². The molecule has 1 N–H and O–H groups in total. The molecule has 1 amide bonds. The smallest absolute Gasteiger partial charge is 0.246 e. The van der Waals surface area contributed by atoms with Gasteiger partial charge in [-0.05, 0) is 6.92 Å². The number of piperazine rings is 1. The Labute approximate surface area is 145 Å². The normalized spacial score (nSPS) is 15.8. The van der Waals surface area contributed by atoms with Crippen LogP contribution in [0.25, 0.3) is 0 Å². The van der Waals surface area contributed by atoms with Gasteiger partial charge < -0.3 is 19.6 Å². The third-order valence-electron chi connectivity index (χ3n) is 3.93. The maximum Gasteiger partial charge on any atom is 0.246 e. The molecule has 10 nitrogen and oxygen atoms in total. The van der Waals surface area contributed by atoms with Gasteiger partial charge >= 0.3 is 0 Å². The van der Waals surface area contributed by atoms with Crippen LogP contribution < -0.4 is 10.2 Å². The van der Waals surface area contributed by atoms with Crippen molar-refractivity contribution in [1.29, 1.82) is 0 Å². The summed E-state index contributed by atoms with van der Waals surface area (Å²) >= 11 is 0. The molecule has 1 aliphatic rings. The number of hydrogen-bond donors (Lipinski definition) is 1. The maximum atomic E-state index is 12.5. The average Bonchev–Trinajstić information content (AvgIpc) is 3.20. The molecule has 0 unspecified atom stereocenters. The van der Waals surface area contributed by atoms with E-state index in [9.17, 15) is 4.79 Å². The van der Waals surface area contributed by atoms with Gasteiger partial charge in [-0.3, -0.25) is 14.5 Å². The van der Waals surface area contributed by atoms with Crippen molar-refractivity contribution in [2.45, 2.75) is 13.3 Å². The number of nitrogens with one attached hydrogen (secondary N) is 1. The number of guanidine groups is 1. The number of anilines is 1. The Kier molecular flexibility index (Phi) is 4.96. The van der Waals surface area contributed by atoms with E-state index in [-0.39, 0.29) is 12.5 Å². The average molecular weight is 346 g/mol. The van der Waals surface area contributed by atoms with Gasteiger partial charge in [0.15, 0.2) is 11.8 Å². The van der Waals surface area contributed by atoms with Crippen LogP contribution in [-0.2, 0) is 18.3 Å². The number of aliphatic imine (C=N–C) groups is 1. The van der Waals surface area contributed by atoms with Gasteiger partial charge in [-0.25, -0.2) is 0 Å². The van der Waals surface area contributed by atoms with E-state index in [2.05, 4.69) is 25.5 Å². The molecule has 25 heavy (non-hydrogen) atoms. The highest BCUT2D eigenvalue weighted by Gasteiger charge is 2.27. The molecule has 0 spiro atoms. The summed E-state index contributed by atoms with van der Waals surface area (Å²) in [5, 5.41) is 11.1. The molecule has 0 atom stereocenters. The summed E-state index contributed by atoms with van der Waals surface area (Å²) in [6.45, 7) is 3.94. The molecular weight excluding hydrogens is 324 g/mol. The van der Waals surface area contributed by atoms with Crippen molar-refractivity contribution >= 4 is 17.6 Å². The van der Waals surface area contributed by atoms with Gasteiger partial charge in [0.1, 0.15) is 6.54 Å². The standard InChI is InChI=1S/C15H22N8O2/c1-11-19-13(25-20-11)4-5-17-15(16-2)22-6-7-23(14(24)10-22)12-8-18-21(3)9-12/h8-9H,4-7,10H2,1-3H3,(H,16,17). The zero-order valence-electron chi connectivity index (χ0n) is 14.6. The Morgan fingerprint density at radius 1 is 1.44 bits per heavy atom. The Bertz CT molecular complexity index is 765. The third-order valence-corrected chi connectivity index (χ3v) is 3.93. The zero-order valence-corrected chi connectivity index (χ0v) is 14.6. The van der Waals surface area contributed by atoms with Crippen LogP contribution in [0.15, 0.2) is 21.9 Å². The molecular formula is C15H22N8O2. The first kappa shape index (κ1) is 16.9. The lowest BCUT2D eigenvalue weighted by Crippen LogP contribution is -2.55. The van der Waals surface area contributed by atoms with Gasteiger partial charge in [0.05, 0.1) is 11.9 Å². The predicted molar refractivity (Wildman–Crippen MR) is 91.2 cm³/mol. The second-order valence-electron chi connectivity index (χ2n) is 5.80. The molecule has 1 fully saturated rings. The van der Waals surface area contributed by atoms with Crippen molar-refractivity contribution in [1.82, 2.24) is 30.1 Å². The minimum absolute atomic E-state index is 0.0229. The number of nitrogens with zero attached hydrogens (tertiary/aromatic N) is 7. The van der Waals surface area contributed by atoms with Gasteiger partial charge in [0.2, 0.25) is 11.8 Å². The molecule has 1 aliphatic heterocycles. The fourth-order valence-electron chi connectivity index (χ4n) is 2.73. The summed E-state index contributed by atoms with van der Waals surface area (Å²) in [4.78, 5) is 24.6. The summed E-state index contributed by atoms with van der Waals surface area (Å²) in [5.74, 6) is 1.92. The van der Waals surface area contributed by atoms with Crippen LogP contribution in [0.2, 0.25) is 0 Å². The fraction of sp³-hybridized carbons (Fsp3) is 0.533. The molecule has 134 valence electrons. The quantitative estimate of drug-likeness (QED) is 0.592. The van der Waals surface area contributed by atoms with E-state index >= 15 is 0 Å². The third kappa shape index (κ3) is 3.95. The topological polar surface area (TPSA) is 105 Å². The highest BCUT2D eigenvalue weighted by atomic mass is 16.5. The molecule has 2 aromatic rings. The highest BCUT2D eigenvalue weighted by molar-refractivity contribution is 5.98. The number of aromatic nitrogens is 4. The molecule has 3 heterocycles. The summed E-state index contributed by atoms with van der Waals surface area (Å²) in [6, 6.07) is 0. The number of amides is 1. The number of hydrogen-bond acceptors (Lipinski definition) is 6. The van der Waals surface area contributed by atoms with E-state index in [1.807, 2.05) is 18.1 Å². The van der Waals surface area contributed by atoms with Crippen molar-refractivity contribution in [3.63, 3.8) is 0 Å². The Hall–Kier alpha value is -2.91. The summed E-state index contributed by atoms with van der Waals surface area (Å²) in [5.41, 5.74) is 0.821. The van der Waals surface area contributed by atoms with Crippen LogP contribution in [0, 0.1) is 6.92 Å². The Balaban J connectivity index is 1.53. The largest absolute Gasteiger partial charge is 0.356 e. The molecule has 1 saturated heterocycles. The fourth-order valence-corrected chi connectivity index (χ4v) is 2.73. The van der Waals surface area contributed by atoms with E-state index < -0.39 is 0 Å². The minimum atomic E-state index is 0.0229. The molecule has 0 radical (unpaired) electrons. The van der Waals surface area contributed by atoms with Crippen LogP contribution in [0.4, 0.5) is 5.69 Å². The minimum Gasteiger partial charge on any atom is -0.356 e. The van der Waals surface area contributed by atoms with Crippen LogP contribution in [-0.4, -0.2) is 69.9 Å². The van der Waals surface area contributed by atoms with Crippen molar-refractivity contribution in [3.05, 3.63) is 24.1 Å². The molecule has 0 saturated carbocycles. The molecule has 10 heteroatoms. The molecule has 0 aliphatic carbocycles. The summed E-state index contributed by atoms with van der Waals surface area (Å²) in [6.07, 6.45) is 4.14. The lowest BCUT2D eigenvalue weighted by Gasteiger charge is -2.35. The van der Waals surface area contributed by atoms with E-state index in [0.29, 0.717) is 43.7 Å². The van der Waals surface area contributed by atoms with Crippen LogP contribution in [0.5, 0.6) is 0 Å². The van der Waals surface area contributed by atoms with Gasteiger partial charge in [-0.15, -0.1) is 0 Å². The van der Waals surface area contributed by atoms with Crippen LogP contribution in [0.3, 0.4) is 0 Å². The Morgan fingerprint density at radius 2 is 2.28 bits per heavy atom. The van der Waals surface area contributed by atoms with E-state index in [1.165, 1.54) is 0 Å². The first-order chi connectivity index (χ1) is 12.1. The van der Waals surface area contributed by atoms with E-state index in [0.717, 1.165) is 5.69 Å². The molecule has 3 rings (SSSR count). The molecule has 0 bridgehead atoms. The second kappa shape index (κ2) is 7.32. The van der Waals surface area contributed by atoms with Crippen molar-refractivity contribution in [2.24, 2.45) is 12.0 Å².